The largest absolute Gasteiger partial charge is 0.497 e. The minimum Gasteiger partial charge on any atom is -0.497 e. The van der Waals surface area contributed by atoms with Crippen LogP contribution in [-0.2, 0) is 32.2 Å². The minimum absolute atomic E-state index is 0.179. The first kappa shape index (κ1) is 31.9. The average molecular weight is 699 g/mol. The Hall–Kier alpha value is -2.06. The number of carbonyl (C=O) groups is 1. The van der Waals surface area contributed by atoms with E-state index in [0.29, 0.717) is 22.8 Å². The highest BCUT2D eigenvalue weighted by molar-refractivity contribution is 14.1. The van der Waals surface area contributed by atoms with Gasteiger partial charge in [0.2, 0.25) is 0 Å². The molecule has 2 aliphatic heterocycles. The van der Waals surface area contributed by atoms with Crippen molar-refractivity contribution in [2.75, 3.05) is 18.6 Å². The van der Waals surface area contributed by atoms with Crippen LogP contribution in [0.1, 0.15) is 38.8 Å². The smallest absolute Gasteiger partial charge is 0.413 e. The predicted octanol–water partition coefficient (Wildman–Crippen LogP) is 5.97. The standard InChI is InChI=1S/C30H39IN2O7S/c1-18(30(2,3)4)39-29(34)33-28-32-24-26(38-17-20-9-13-22(36-6)14-10-20)25(23(15-31)40-27(24)41-28)37-16-19-7-11-21(35-5)12-8-19/h7-14,18,23-27H,15-17H2,1-6H3,(H,32,33,34)/t18?,23-,24-,25-,26-,27-/m1/s1. The number of hydrogen-bond donors (Lipinski definition) is 1. The van der Waals surface area contributed by atoms with E-state index in [-0.39, 0.29) is 35.2 Å². The van der Waals surface area contributed by atoms with Gasteiger partial charge in [0, 0.05) is 4.43 Å². The molecule has 1 N–H and O–H groups in total. The van der Waals surface area contributed by atoms with Crippen molar-refractivity contribution in [3.63, 3.8) is 0 Å². The molecule has 11 heteroatoms. The van der Waals surface area contributed by atoms with Gasteiger partial charge in [0.1, 0.15) is 41.3 Å². The summed E-state index contributed by atoms with van der Waals surface area (Å²) in [7, 11) is 3.29. The third kappa shape index (κ3) is 8.50. The number of nitrogens with one attached hydrogen (secondary N) is 1. The van der Waals surface area contributed by atoms with E-state index in [1.165, 1.54) is 11.8 Å². The molecule has 0 aromatic heterocycles. The van der Waals surface area contributed by atoms with Gasteiger partial charge in [-0.2, -0.15) is 0 Å². The van der Waals surface area contributed by atoms with Gasteiger partial charge in [-0.1, -0.05) is 79.4 Å². The van der Waals surface area contributed by atoms with Crippen LogP contribution in [0.25, 0.3) is 0 Å². The number of alkyl halides is 1. The summed E-state index contributed by atoms with van der Waals surface area (Å²) in [5.74, 6) is 1.57. The van der Waals surface area contributed by atoms with Crippen molar-refractivity contribution in [3.05, 3.63) is 59.7 Å². The van der Waals surface area contributed by atoms with Crippen LogP contribution in [-0.4, -0.2) is 65.8 Å². The molecule has 4 rings (SSSR count). The monoisotopic (exact) mass is 698 g/mol. The van der Waals surface area contributed by atoms with Gasteiger partial charge < -0.3 is 28.4 Å². The Bertz CT molecular complexity index is 1170. The molecule has 0 aliphatic carbocycles. The summed E-state index contributed by atoms with van der Waals surface area (Å²) in [5.41, 5.74) is 1.51. The number of halogens is 1. The number of rotatable bonds is 10. The molecular weight excluding hydrogens is 659 g/mol. The fourth-order valence-corrected chi connectivity index (χ4v) is 6.07. The van der Waals surface area contributed by atoms with Crippen LogP contribution in [0.15, 0.2) is 53.5 Å². The van der Waals surface area contributed by atoms with Crippen LogP contribution < -0.4 is 14.8 Å². The molecule has 41 heavy (non-hydrogen) atoms. The second kappa shape index (κ2) is 14.4. The third-order valence-corrected chi connectivity index (χ3v) is 9.10. The molecule has 1 saturated heterocycles. The molecule has 0 bridgehead atoms. The molecule has 2 aromatic carbocycles. The van der Waals surface area contributed by atoms with E-state index in [2.05, 4.69) is 27.9 Å². The number of amidine groups is 1. The van der Waals surface area contributed by atoms with Gasteiger partial charge in [-0.25, -0.2) is 4.79 Å². The molecular formula is C30H39IN2O7S. The molecule has 1 amide bonds. The Morgan fingerprint density at radius 2 is 1.51 bits per heavy atom. The first-order valence-corrected chi connectivity index (χ1v) is 15.9. The fourth-order valence-electron chi connectivity index (χ4n) is 4.26. The van der Waals surface area contributed by atoms with E-state index in [0.717, 1.165) is 22.6 Å². The number of carbonyl (C=O) groups excluding carboxylic acids is 1. The van der Waals surface area contributed by atoms with Crippen LogP contribution in [0.5, 0.6) is 11.5 Å². The number of ether oxygens (including phenoxy) is 6. The van der Waals surface area contributed by atoms with Crippen LogP contribution in [0.4, 0.5) is 4.79 Å². The molecule has 0 radical (unpaired) electrons. The normalized spacial score (nSPS) is 24.7. The summed E-state index contributed by atoms with van der Waals surface area (Å²) in [4.78, 5) is 17.5. The lowest BCUT2D eigenvalue weighted by Gasteiger charge is -2.42. The molecule has 1 fully saturated rings. The van der Waals surface area contributed by atoms with E-state index in [9.17, 15) is 4.79 Å². The summed E-state index contributed by atoms with van der Waals surface area (Å²) in [6.07, 6.45) is -1.83. The summed E-state index contributed by atoms with van der Waals surface area (Å²) >= 11 is 3.69. The summed E-state index contributed by atoms with van der Waals surface area (Å²) < 4.78 is 36.4. The minimum atomic E-state index is -0.536. The third-order valence-electron chi connectivity index (χ3n) is 7.18. The van der Waals surface area contributed by atoms with Gasteiger partial charge in [0.05, 0.1) is 33.5 Å². The number of fused-ring (bicyclic) bond motifs is 1. The number of thioether (sulfide) groups is 1. The van der Waals surface area contributed by atoms with Crippen molar-refractivity contribution in [2.24, 2.45) is 10.4 Å². The number of amides is 1. The Labute approximate surface area is 260 Å². The van der Waals surface area contributed by atoms with Gasteiger partial charge in [-0.05, 0) is 47.7 Å². The molecule has 0 saturated carbocycles. The second-order valence-corrected chi connectivity index (χ2v) is 13.0. The molecule has 224 valence electrons. The van der Waals surface area contributed by atoms with Crippen molar-refractivity contribution in [1.82, 2.24) is 5.32 Å². The number of benzene rings is 2. The van der Waals surface area contributed by atoms with Gasteiger partial charge in [0.25, 0.3) is 0 Å². The maximum Gasteiger partial charge on any atom is 0.413 e. The topological polar surface area (TPSA) is 96.8 Å². The molecule has 2 heterocycles. The van der Waals surface area contributed by atoms with Crippen LogP contribution in [0.2, 0.25) is 0 Å². The zero-order valence-electron chi connectivity index (χ0n) is 24.3. The van der Waals surface area contributed by atoms with Crippen molar-refractivity contribution < 1.29 is 33.2 Å². The Morgan fingerprint density at radius 3 is 2.00 bits per heavy atom. The van der Waals surface area contributed by atoms with E-state index in [1.54, 1.807) is 14.2 Å². The van der Waals surface area contributed by atoms with Crippen LogP contribution in [0, 0.1) is 5.41 Å². The number of hydrogen-bond acceptors (Lipinski definition) is 9. The number of nitrogens with zero attached hydrogens (tertiary/aromatic N) is 1. The zero-order valence-corrected chi connectivity index (χ0v) is 27.3. The molecule has 1 unspecified atom stereocenters. The summed E-state index contributed by atoms with van der Waals surface area (Å²) in [6.45, 7) is 8.69. The molecule has 2 aromatic rings. The zero-order chi connectivity index (χ0) is 29.6. The highest BCUT2D eigenvalue weighted by atomic mass is 127. The Kier molecular flexibility index (Phi) is 11.2. The molecule has 2 aliphatic rings. The lowest BCUT2D eigenvalue weighted by molar-refractivity contribution is -0.190. The maximum absolute atomic E-state index is 12.7. The first-order chi connectivity index (χ1) is 19.6. The number of alkyl carbamates (subject to hydrolysis) is 1. The van der Waals surface area contributed by atoms with Crippen LogP contribution in [0.3, 0.4) is 0 Å². The van der Waals surface area contributed by atoms with E-state index in [1.807, 2.05) is 76.2 Å². The lowest BCUT2D eigenvalue weighted by Crippen LogP contribution is -2.57. The highest BCUT2D eigenvalue weighted by Gasteiger charge is 2.50. The van der Waals surface area contributed by atoms with Crippen molar-refractivity contribution in [1.29, 1.82) is 0 Å². The number of methoxy groups -OCH3 is 2. The SMILES string of the molecule is COc1ccc(CO[C@@H]2[C@H]3N=C(NC(=O)OC(C)C(C)(C)C)S[C@H]3O[C@H](CI)[C@H]2OCc2ccc(OC)cc2)cc1. The highest BCUT2D eigenvalue weighted by Crippen LogP contribution is 2.39. The Balaban J connectivity index is 1.52. The van der Waals surface area contributed by atoms with Gasteiger partial charge in [-0.15, -0.1) is 0 Å². The van der Waals surface area contributed by atoms with Crippen molar-refractivity contribution in [3.8, 4) is 11.5 Å². The predicted molar refractivity (Wildman–Crippen MR) is 168 cm³/mol. The number of aliphatic imine (C=N–C) groups is 1. The lowest BCUT2D eigenvalue weighted by atomic mass is 9.90. The van der Waals surface area contributed by atoms with E-state index >= 15 is 0 Å². The average Bonchev–Trinajstić information content (AvgIpc) is 3.36. The van der Waals surface area contributed by atoms with Gasteiger partial charge >= 0.3 is 6.09 Å². The van der Waals surface area contributed by atoms with Gasteiger partial charge in [-0.3, -0.25) is 10.3 Å². The first-order valence-electron chi connectivity index (χ1n) is 13.5. The fraction of sp³-hybridized carbons (Fsp3) is 0.533. The van der Waals surface area contributed by atoms with Crippen LogP contribution >= 0.6 is 34.4 Å². The quantitative estimate of drug-likeness (QED) is 0.240. The van der Waals surface area contributed by atoms with Gasteiger partial charge in [0.15, 0.2) is 5.17 Å². The second-order valence-electron chi connectivity index (χ2n) is 11.0. The summed E-state index contributed by atoms with van der Waals surface area (Å²) in [6, 6.07) is 15.2. The summed E-state index contributed by atoms with van der Waals surface area (Å²) in [5, 5.41) is 3.26. The van der Waals surface area contributed by atoms with Crippen molar-refractivity contribution in [2.45, 2.75) is 76.8 Å². The molecule has 0 spiro atoms. The van der Waals surface area contributed by atoms with E-state index < -0.39 is 12.2 Å². The van der Waals surface area contributed by atoms with Crippen molar-refractivity contribution >= 4 is 45.6 Å². The maximum atomic E-state index is 12.7. The molecule has 6 atom stereocenters. The molecule has 9 nitrogen and oxygen atoms in total. The van der Waals surface area contributed by atoms with E-state index in [4.69, 9.17) is 33.4 Å². The Morgan fingerprint density at radius 1 is 0.976 bits per heavy atom.